The summed E-state index contributed by atoms with van der Waals surface area (Å²) in [6.45, 7) is 14.8. The zero-order valence-corrected chi connectivity index (χ0v) is 15.3. The minimum atomic E-state index is -2.06. The third-order valence-electron chi connectivity index (χ3n) is 3.44. The molecule has 0 bridgehead atoms. The molecule has 0 heterocycles. The van der Waals surface area contributed by atoms with Crippen LogP contribution in [-0.4, -0.2) is 49.5 Å². The van der Waals surface area contributed by atoms with Crippen LogP contribution in [-0.2, 0) is 26.1 Å². The van der Waals surface area contributed by atoms with Gasteiger partial charge in [0, 0.05) is 6.16 Å². The molecule has 1 rings (SSSR count). The molecule has 0 amide bonds. The second kappa shape index (κ2) is 8.53. The van der Waals surface area contributed by atoms with Crippen molar-refractivity contribution in [3.63, 3.8) is 0 Å². The van der Waals surface area contributed by atoms with Crippen molar-refractivity contribution in [3.8, 4) is 5.75 Å². The molecule has 124 valence electrons. The first-order chi connectivity index (χ1) is 9.46. The van der Waals surface area contributed by atoms with Crippen LogP contribution < -0.4 is 0 Å². The fourth-order valence-corrected chi connectivity index (χ4v) is 3.28. The minimum absolute atomic E-state index is 0. The molecule has 3 nitrogen and oxygen atoms in total. The molecule has 1 unspecified atom stereocenters. The van der Waals surface area contributed by atoms with Gasteiger partial charge in [-0.15, -0.1) is 0 Å². The van der Waals surface area contributed by atoms with Gasteiger partial charge in [-0.3, -0.25) is 4.57 Å². The van der Waals surface area contributed by atoms with Crippen molar-refractivity contribution in [3.05, 3.63) is 28.8 Å². The number of benzene rings is 1. The molecule has 0 spiro atoms. The van der Waals surface area contributed by atoms with Crippen LogP contribution in [0.3, 0.4) is 0 Å². The van der Waals surface area contributed by atoms with Gasteiger partial charge in [-0.25, -0.2) is 0 Å². The Kier molecular flexibility index (Phi) is 8.72. The van der Waals surface area contributed by atoms with Gasteiger partial charge < -0.3 is 9.63 Å². The third kappa shape index (κ3) is 6.17. The molecule has 0 radical (unpaired) electrons. The zero-order valence-electron chi connectivity index (χ0n) is 14.3. The Morgan fingerprint density at radius 2 is 1.45 bits per heavy atom. The molecule has 22 heavy (non-hydrogen) atoms. The first-order valence-corrected chi connectivity index (χ1v) is 9.01. The SMILES string of the molecule is CCO[PH](=O)Cc1cc(C(C)(C)C)c(O)c(C(C)(C)C)c1.[CaH2]. The van der Waals surface area contributed by atoms with Crippen LogP contribution in [0.25, 0.3) is 0 Å². The Balaban J connectivity index is 0.00000441. The van der Waals surface area contributed by atoms with Gasteiger partial charge in [-0.05, 0) is 34.4 Å². The summed E-state index contributed by atoms with van der Waals surface area (Å²) in [5.41, 5.74) is 2.44. The summed E-state index contributed by atoms with van der Waals surface area (Å²) in [5, 5.41) is 10.6. The quantitative estimate of drug-likeness (QED) is 0.654. The van der Waals surface area contributed by atoms with E-state index >= 15 is 0 Å². The van der Waals surface area contributed by atoms with Crippen LogP contribution in [0, 0.1) is 0 Å². The topological polar surface area (TPSA) is 46.5 Å². The summed E-state index contributed by atoms with van der Waals surface area (Å²) in [6.07, 6.45) is 0.422. The Morgan fingerprint density at radius 1 is 1.05 bits per heavy atom. The molecule has 0 saturated carbocycles. The third-order valence-corrected chi connectivity index (χ3v) is 4.75. The number of aromatic hydroxyl groups is 1. The molecular formula is C17H31CaO3P. The van der Waals surface area contributed by atoms with E-state index in [-0.39, 0.29) is 48.6 Å². The average Bonchev–Trinajstić information content (AvgIpc) is 2.28. The number of phenols is 1. The molecule has 0 saturated heterocycles. The van der Waals surface area contributed by atoms with Crippen molar-refractivity contribution >= 4 is 45.8 Å². The number of hydrogen-bond donors (Lipinski definition) is 1. The van der Waals surface area contributed by atoms with E-state index in [0.717, 1.165) is 16.7 Å². The van der Waals surface area contributed by atoms with Gasteiger partial charge in [0.2, 0.25) is 0 Å². The predicted molar refractivity (Wildman–Crippen MR) is 98.4 cm³/mol. The first kappa shape index (κ1) is 22.5. The molecule has 1 atom stereocenters. The second-order valence-electron chi connectivity index (χ2n) is 7.52. The summed E-state index contributed by atoms with van der Waals surface area (Å²) in [5.74, 6) is 0.356. The summed E-state index contributed by atoms with van der Waals surface area (Å²) in [6, 6.07) is 3.93. The van der Waals surface area contributed by atoms with Crippen LogP contribution in [0.15, 0.2) is 12.1 Å². The van der Waals surface area contributed by atoms with Gasteiger partial charge in [-0.2, -0.15) is 0 Å². The summed E-state index contributed by atoms with van der Waals surface area (Å²) < 4.78 is 17.1. The van der Waals surface area contributed by atoms with Crippen LogP contribution >= 0.6 is 8.03 Å². The van der Waals surface area contributed by atoms with E-state index in [1.54, 1.807) is 0 Å². The van der Waals surface area contributed by atoms with Gasteiger partial charge in [0.25, 0.3) is 0 Å². The van der Waals surface area contributed by atoms with Crippen molar-refractivity contribution < 1.29 is 14.2 Å². The molecule has 1 aromatic carbocycles. The van der Waals surface area contributed by atoms with Crippen molar-refractivity contribution in [2.45, 2.75) is 65.5 Å². The van der Waals surface area contributed by atoms with E-state index in [1.807, 2.05) is 19.1 Å². The summed E-state index contributed by atoms with van der Waals surface area (Å²) in [4.78, 5) is 0. The van der Waals surface area contributed by atoms with E-state index in [1.165, 1.54) is 0 Å². The van der Waals surface area contributed by atoms with Gasteiger partial charge in [-0.1, -0.05) is 53.7 Å². The molecule has 1 N–H and O–H groups in total. The van der Waals surface area contributed by atoms with E-state index in [4.69, 9.17) is 4.52 Å². The van der Waals surface area contributed by atoms with Crippen LogP contribution in [0.5, 0.6) is 5.75 Å². The van der Waals surface area contributed by atoms with E-state index in [0.29, 0.717) is 18.5 Å². The van der Waals surface area contributed by atoms with Crippen molar-refractivity contribution in [2.24, 2.45) is 0 Å². The molecule has 0 aliphatic carbocycles. The Labute approximate surface area is 165 Å². The van der Waals surface area contributed by atoms with Crippen molar-refractivity contribution in [2.75, 3.05) is 6.61 Å². The van der Waals surface area contributed by atoms with E-state index in [2.05, 4.69) is 41.5 Å². The average molecular weight is 354 g/mol. The predicted octanol–water partition coefficient (Wildman–Crippen LogP) is 4.08. The fraction of sp³-hybridized carbons (Fsp3) is 0.647. The van der Waals surface area contributed by atoms with Crippen molar-refractivity contribution in [1.82, 2.24) is 0 Å². The van der Waals surface area contributed by atoms with Crippen molar-refractivity contribution in [1.29, 1.82) is 0 Å². The molecule has 0 aliphatic rings. The Hall–Kier alpha value is 0.470. The second-order valence-corrected chi connectivity index (χ2v) is 8.91. The maximum atomic E-state index is 11.9. The van der Waals surface area contributed by atoms with Crippen LogP contribution in [0.4, 0.5) is 0 Å². The molecular weight excluding hydrogens is 323 g/mol. The zero-order chi connectivity index (χ0) is 16.4. The Morgan fingerprint density at radius 3 is 1.77 bits per heavy atom. The first-order valence-electron chi connectivity index (χ1n) is 7.49. The summed E-state index contributed by atoms with van der Waals surface area (Å²) >= 11 is 0. The van der Waals surface area contributed by atoms with Gasteiger partial charge in [0.1, 0.15) is 5.75 Å². The Bertz CT molecular complexity index is 493. The molecule has 1 aromatic rings. The van der Waals surface area contributed by atoms with Crippen LogP contribution in [0.1, 0.15) is 65.2 Å². The number of rotatable bonds is 4. The molecule has 0 aliphatic heterocycles. The van der Waals surface area contributed by atoms with E-state index < -0.39 is 8.03 Å². The monoisotopic (exact) mass is 354 g/mol. The van der Waals surface area contributed by atoms with Gasteiger partial charge in [0.05, 0.1) is 6.61 Å². The maximum absolute atomic E-state index is 11.9. The number of phenolic OH excluding ortho intramolecular Hbond substituents is 1. The molecule has 5 heteroatoms. The summed E-state index contributed by atoms with van der Waals surface area (Å²) in [7, 11) is -2.06. The van der Waals surface area contributed by atoms with Gasteiger partial charge in [0.15, 0.2) is 8.03 Å². The normalized spacial score (nSPS) is 13.6. The molecule has 0 fully saturated rings. The fourth-order valence-electron chi connectivity index (χ4n) is 2.32. The van der Waals surface area contributed by atoms with E-state index in [9.17, 15) is 9.67 Å². The number of hydrogen-bond acceptors (Lipinski definition) is 3. The van der Waals surface area contributed by atoms with Gasteiger partial charge >= 0.3 is 37.7 Å². The van der Waals surface area contributed by atoms with Crippen LogP contribution in [0.2, 0.25) is 0 Å². The molecule has 0 aromatic heterocycles. The standard InChI is InChI=1S/C17H29O3P.Ca.2H/c1-8-20-21(19)11-12-9-13(16(2,3)4)15(18)14(10-12)17(5,6)7;;;/h9-10,18,21H,8,11H2,1-7H3;;;.